The zero-order valence-electron chi connectivity index (χ0n) is 12.5. The maximum Gasteiger partial charge on any atom is 0.178 e. The number of fused-ring (bicyclic) bond motifs is 1. The molecule has 3 rings (SSSR count). The number of para-hydroxylation sites is 1. The summed E-state index contributed by atoms with van der Waals surface area (Å²) in [5.74, 6) is 1.03. The van der Waals surface area contributed by atoms with Crippen LogP contribution in [0.1, 0.15) is 24.9 Å². The van der Waals surface area contributed by atoms with E-state index in [4.69, 9.17) is 4.74 Å². The molecule has 116 valence electrons. The summed E-state index contributed by atoms with van der Waals surface area (Å²) in [6.45, 7) is 2.33. The number of anilines is 1. The van der Waals surface area contributed by atoms with E-state index in [1.165, 1.54) is 0 Å². The molecule has 0 aromatic heterocycles. The maximum atomic E-state index is 11.8. The van der Waals surface area contributed by atoms with Gasteiger partial charge in [0.2, 0.25) is 0 Å². The fourth-order valence-corrected chi connectivity index (χ4v) is 3.50. The summed E-state index contributed by atoms with van der Waals surface area (Å²) < 4.78 is 29.3. The molecule has 0 spiro atoms. The highest BCUT2D eigenvalue weighted by molar-refractivity contribution is 7.91. The monoisotopic (exact) mass is 317 g/mol. The second-order valence-corrected chi connectivity index (χ2v) is 7.58. The first-order chi connectivity index (χ1) is 10.6. The highest BCUT2D eigenvalue weighted by Gasteiger charge is 2.21. The van der Waals surface area contributed by atoms with E-state index >= 15 is 0 Å². The molecule has 4 nitrogen and oxygen atoms in total. The fourth-order valence-electron chi connectivity index (χ4n) is 2.62. The van der Waals surface area contributed by atoms with Crippen molar-refractivity contribution < 1.29 is 13.2 Å². The van der Waals surface area contributed by atoms with Gasteiger partial charge in [0.05, 0.1) is 23.3 Å². The van der Waals surface area contributed by atoms with Crippen molar-refractivity contribution in [2.75, 3.05) is 17.7 Å². The Morgan fingerprint density at radius 2 is 1.86 bits per heavy atom. The minimum absolute atomic E-state index is 0.118. The number of rotatable bonds is 4. The summed E-state index contributed by atoms with van der Waals surface area (Å²) in [5, 5.41) is 3.46. The third-order valence-corrected chi connectivity index (χ3v) is 5.64. The lowest BCUT2D eigenvalue weighted by Gasteiger charge is -2.27. The van der Waals surface area contributed by atoms with E-state index in [0.29, 0.717) is 11.5 Å². The van der Waals surface area contributed by atoms with Gasteiger partial charge < -0.3 is 10.1 Å². The minimum atomic E-state index is -3.14. The van der Waals surface area contributed by atoms with E-state index in [1.54, 1.807) is 19.1 Å². The average Bonchev–Trinajstić information content (AvgIpc) is 2.56. The third-order valence-electron chi connectivity index (χ3n) is 3.89. The van der Waals surface area contributed by atoms with E-state index in [9.17, 15) is 8.42 Å². The number of benzene rings is 2. The van der Waals surface area contributed by atoms with Crippen LogP contribution in [0.15, 0.2) is 53.4 Å². The standard InChI is InChI=1S/C17H19NO3S/c1-2-22(19,20)14-9-7-13(8-10-14)18-16-11-12-21-17-6-4-3-5-15(16)17/h3-10,16,18H,2,11-12H2,1H3. The van der Waals surface area contributed by atoms with Crippen molar-refractivity contribution >= 4 is 15.5 Å². The molecule has 1 aliphatic rings. The molecule has 1 unspecified atom stereocenters. The van der Waals surface area contributed by atoms with E-state index in [2.05, 4.69) is 11.4 Å². The lowest BCUT2D eigenvalue weighted by Crippen LogP contribution is -2.20. The first-order valence-electron chi connectivity index (χ1n) is 7.41. The Balaban J connectivity index is 1.80. The molecule has 2 aromatic carbocycles. The Bertz CT molecular complexity index is 754. The third kappa shape index (κ3) is 2.95. The normalized spacial score (nSPS) is 17.4. The SMILES string of the molecule is CCS(=O)(=O)c1ccc(NC2CCOc3ccccc32)cc1. The van der Waals surface area contributed by atoms with Crippen molar-refractivity contribution in [3.8, 4) is 5.75 Å². The van der Waals surface area contributed by atoms with Crippen LogP contribution in [0.5, 0.6) is 5.75 Å². The van der Waals surface area contributed by atoms with Crippen molar-refractivity contribution in [3.63, 3.8) is 0 Å². The van der Waals surface area contributed by atoms with Crippen molar-refractivity contribution in [1.82, 2.24) is 0 Å². The molecule has 0 saturated carbocycles. The van der Waals surface area contributed by atoms with E-state index in [-0.39, 0.29) is 11.8 Å². The van der Waals surface area contributed by atoms with E-state index < -0.39 is 9.84 Å². The van der Waals surface area contributed by atoms with Crippen LogP contribution in [0, 0.1) is 0 Å². The first-order valence-corrected chi connectivity index (χ1v) is 9.06. The Labute approximate surface area is 131 Å². The van der Waals surface area contributed by atoms with Gasteiger partial charge in [-0.2, -0.15) is 0 Å². The highest BCUT2D eigenvalue weighted by atomic mass is 32.2. The predicted octanol–water partition coefficient (Wildman–Crippen LogP) is 3.42. The molecular weight excluding hydrogens is 298 g/mol. The molecule has 0 saturated heterocycles. The van der Waals surface area contributed by atoms with Gasteiger partial charge in [-0.3, -0.25) is 0 Å². The Morgan fingerprint density at radius 1 is 1.14 bits per heavy atom. The Hall–Kier alpha value is -2.01. The number of sulfone groups is 1. The number of ether oxygens (including phenoxy) is 1. The van der Waals surface area contributed by atoms with Gasteiger partial charge in [0.15, 0.2) is 9.84 Å². The molecule has 5 heteroatoms. The van der Waals surface area contributed by atoms with Crippen LogP contribution in [-0.2, 0) is 9.84 Å². The zero-order valence-corrected chi connectivity index (χ0v) is 13.3. The molecule has 0 aliphatic carbocycles. The van der Waals surface area contributed by atoms with E-state index in [1.807, 2.05) is 30.3 Å². The van der Waals surface area contributed by atoms with Gasteiger partial charge in [-0.25, -0.2) is 8.42 Å². The second kappa shape index (κ2) is 6.01. The molecular formula is C17H19NO3S. The summed E-state index contributed by atoms with van der Waals surface area (Å²) >= 11 is 0. The summed E-state index contributed by atoms with van der Waals surface area (Å²) in [7, 11) is -3.14. The second-order valence-electron chi connectivity index (χ2n) is 5.30. The Morgan fingerprint density at radius 3 is 2.59 bits per heavy atom. The first kappa shape index (κ1) is 14.9. The van der Waals surface area contributed by atoms with Crippen LogP contribution in [0.25, 0.3) is 0 Å². The van der Waals surface area contributed by atoms with Crippen molar-refractivity contribution in [3.05, 3.63) is 54.1 Å². The molecule has 0 radical (unpaired) electrons. The molecule has 1 atom stereocenters. The van der Waals surface area contributed by atoms with Crippen LogP contribution in [-0.4, -0.2) is 20.8 Å². The zero-order chi connectivity index (χ0) is 15.6. The van der Waals surface area contributed by atoms with Crippen LogP contribution >= 0.6 is 0 Å². The minimum Gasteiger partial charge on any atom is -0.493 e. The number of hydrogen-bond donors (Lipinski definition) is 1. The molecule has 22 heavy (non-hydrogen) atoms. The average molecular weight is 317 g/mol. The predicted molar refractivity (Wildman–Crippen MR) is 87.1 cm³/mol. The molecule has 0 bridgehead atoms. The van der Waals surface area contributed by atoms with Crippen LogP contribution in [0.2, 0.25) is 0 Å². The molecule has 1 heterocycles. The van der Waals surface area contributed by atoms with Crippen molar-refractivity contribution in [2.45, 2.75) is 24.3 Å². The van der Waals surface area contributed by atoms with Gasteiger partial charge in [-0.1, -0.05) is 25.1 Å². The highest BCUT2D eigenvalue weighted by Crippen LogP contribution is 2.34. The fraction of sp³-hybridized carbons (Fsp3) is 0.294. The summed E-state index contributed by atoms with van der Waals surface area (Å²) in [6, 6.07) is 15.1. The lowest BCUT2D eigenvalue weighted by molar-refractivity contribution is 0.274. The summed E-state index contributed by atoms with van der Waals surface area (Å²) in [6.07, 6.45) is 0.881. The molecule has 0 amide bonds. The molecule has 1 N–H and O–H groups in total. The van der Waals surface area contributed by atoms with Gasteiger partial charge >= 0.3 is 0 Å². The topological polar surface area (TPSA) is 55.4 Å². The van der Waals surface area contributed by atoms with Crippen molar-refractivity contribution in [1.29, 1.82) is 0 Å². The van der Waals surface area contributed by atoms with Gasteiger partial charge in [0.1, 0.15) is 5.75 Å². The van der Waals surface area contributed by atoms with Crippen LogP contribution in [0.4, 0.5) is 5.69 Å². The van der Waals surface area contributed by atoms with Gasteiger partial charge in [-0.15, -0.1) is 0 Å². The quantitative estimate of drug-likeness (QED) is 0.939. The molecule has 2 aromatic rings. The number of hydrogen-bond acceptors (Lipinski definition) is 4. The van der Waals surface area contributed by atoms with Gasteiger partial charge in [0, 0.05) is 17.7 Å². The van der Waals surface area contributed by atoms with E-state index in [0.717, 1.165) is 23.4 Å². The smallest absolute Gasteiger partial charge is 0.178 e. The van der Waals surface area contributed by atoms with Gasteiger partial charge in [-0.05, 0) is 30.3 Å². The molecule has 0 fully saturated rings. The largest absolute Gasteiger partial charge is 0.493 e. The van der Waals surface area contributed by atoms with Crippen molar-refractivity contribution in [2.24, 2.45) is 0 Å². The Kier molecular flexibility index (Phi) is 4.07. The van der Waals surface area contributed by atoms with Gasteiger partial charge in [0.25, 0.3) is 0 Å². The maximum absolute atomic E-state index is 11.8. The lowest BCUT2D eigenvalue weighted by atomic mass is 10.0. The van der Waals surface area contributed by atoms with Crippen LogP contribution < -0.4 is 10.1 Å². The summed E-state index contributed by atoms with van der Waals surface area (Å²) in [5.41, 5.74) is 2.05. The van der Waals surface area contributed by atoms with Crippen LogP contribution in [0.3, 0.4) is 0 Å². The summed E-state index contributed by atoms with van der Waals surface area (Å²) in [4.78, 5) is 0.368. The number of nitrogens with one attached hydrogen (secondary N) is 1. The molecule has 1 aliphatic heterocycles.